The van der Waals surface area contributed by atoms with Gasteiger partial charge in [0.1, 0.15) is 17.5 Å². The SMILES string of the molecule is COCCNc1cc(N2CCN(C=O)CC2)nc(C)n1. The van der Waals surface area contributed by atoms with Crippen LogP contribution in [0.3, 0.4) is 0 Å². The van der Waals surface area contributed by atoms with Crippen molar-refractivity contribution in [1.29, 1.82) is 0 Å². The lowest BCUT2D eigenvalue weighted by atomic mass is 10.3. The first-order valence-electron chi connectivity index (χ1n) is 6.75. The van der Waals surface area contributed by atoms with E-state index >= 15 is 0 Å². The Morgan fingerprint density at radius 1 is 1.35 bits per heavy atom. The van der Waals surface area contributed by atoms with Crippen LogP contribution < -0.4 is 10.2 Å². The van der Waals surface area contributed by atoms with E-state index < -0.39 is 0 Å². The number of amides is 1. The molecule has 1 amide bonds. The fourth-order valence-electron chi connectivity index (χ4n) is 2.14. The van der Waals surface area contributed by atoms with Crippen LogP contribution in [0.4, 0.5) is 11.6 Å². The fourth-order valence-corrected chi connectivity index (χ4v) is 2.14. The minimum absolute atomic E-state index is 0.635. The van der Waals surface area contributed by atoms with Crippen molar-refractivity contribution in [3.05, 3.63) is 11.9 Å². The van der Waals surface area contributed by atoms with E-state index in [0.29, 0.717) is 13.2 Å². The maximum absolute atomic E-state index is 10.7. The zero-order chi connectivity index (χ0) is 14.4. The quantitative estimate of drug-likeness (QED) is 0.589. The topological polar surface area (TPSA) is 70.6 Å². The van der Waals surface area contributed by atoms with Gasteiger partial charge in [-0.1, -0.05) is 0 Å². The first-order chi connectivity index (χ1) is 9.72. The van der Waals surface area contributed by atoms with Gasteiger partial charge >= 0.3 is 0 Å². The molecule has 1 fully saturated rings. The Bertz CT molecular complexity index is 446. The van der Waals surface area contributed by atoms with Crippen molar-refractivity contribution in [2.75, 3.05) is 56.7 Å². The summed E-state index contributed by atoms with van der Waals surface area (Å²) in [5.74, 6) is 2.45. The predicted molar refractivity (Wildman–Crippen MR) is 77.0 cm³/mol. The Labute approximate surface area is 118 Å². The van der Waals surface area contributed by atoms with Gasteiger partial charge in [-0.3, -0.25) is 4.79 Å². The number of aromatic nitrogens is 2. The third kappa shape index (κ3) is 3.80. The minimum atomic E-state index is 0.635. The highest BCUT2D eigenvalue weighted by atomic mass is 16.5. The maximum Gasteiger partial charge on any atom is 0.209 e. The molecule has 1 aliphatic heterocycles. The first kappa shape index (κ1) is 14.5. The highest BCUT2D eigenvalue weighted by molar-refractivity contribution is 5.52. The van der Waals surface area contributed by atoms with Crippen LogP contribution >= 0.6 is 0 Å². The number of anilines is 2. The molecule has 1 saturated heterocycles. The maximum atomic E-state index is 10.7. The second-order valence-corrected chi connectivity index (χ2v) is 4.71. The van der Waals surface area contributed by atoms with E-state index in [0.717, 1.165) is 50.0 Å². The number of hydrogen-bond acceptors (Lipinski definition) is 6. The van der Waals surface area contributed by atoms with Crippen LogP contribution in [0.25, 0.3) is 0 Å². The van der Waals surface area contributed by atoms with Gasteiger partial charge < -0.3 is 19.9 Å². The molecule has 0 aromatic carbocycles. The molecule has 0 spiro atoms. The van der Waals surface area contributed by atoms with Crippen molar-refractivity contribution in [3.63, 3.8) is 0 Å². The van der Waals surface area contributed by atoms with Crippen molar-refractivity contribution < 1.29 is 9.53 Å². The molecule has 0 aliphatic carbocycles. The van der Waals surface area contributed by atoms with Gasteiger partial charge in [0.25, 0.3) is 0 Å². The lowest BCUT2D eigenvalue weighted by Crippen LogP contribution is -2.46. The second-order valence-electron chi connectivity index (χ2n) is 4.71. The van der Waals surface area contributed by atoms with Gasteiger partial charge in [0.2, 0.25) is 6.41 Å². The summed E-state index contributed by atoms with van der Waals surface area (Å²) in [6.45, 7) is 6.30. The molecule has 7 nitrogen and oxygen atoms in total. The van der Waals surface area contributed by atoms with Gasteiger partial charge in [-0.15, -0.1) is 0 Å². The van der Waals surface area contributed by atoms with Gasteiger partial charge in [-0.2, -0.15) is 0 Å². The number of methoxy groups -OCH3 is 1. The Kier molecular flexibility index (Phi) is 5.11. The smallest absolute Gasteiger partial charge is 0.209 e. The molecule has 1 aliphatic rings. The number of aryl methyl sites for hydroxylation is 1. The first-order valence-corrected chi connectivity index (χ1v) is 6.75. The van der Waals surface area contributed by atoms with Crippen molar-refractivity contribution in [2.45, 2.75) is 6.92 Å². The Balaban J connectivity index is 2.02. The summed E-state index contributed by atoms with van der Waals surface area (Å²) >= 11 is 0. The van der Waals surface area contributed by atoms with Crippen LogP contribution in [0, 0.1) is 6.92 Å². The summed E-state index contributed by atoms with van der Waals surface area (Å²) < 4.78 is 5.01. The molecule has 1 N–H and O–H groups in total. The predicted octanol–water partition coefficient (Wildman–Crippen LogP) is 0.122. The molecular formula is C13H21N5O2. The summed E-state index contributed by atoms with van der Waals surface area (Å²) in [6.07, 6.45) is 0.903. The van der Waals surface area contributed by atoms with Crippen LogP contribution in [0.15, 0.2) is 6.07 Å². The summed E-state index contributed by atoms with van der Waals surface area (Å²) in [7, 11) is 1.67. The second kappa shape index (κ2) is 7.04. The molecule has 1 aromatic heterocycles. The summed E-state index contributed by atoms with van der Waals surface area (Å²) in [5.41, 5.74) is 0. The molecule has 2 rings (SSSR count). The van der Waals surface area contributed by atoms with E-state index in [1.54, 1.807) is 12.0 Å². The molecule has 0 bridgehead atoms. The molecule has 110 valence electrons. The van der Waals surface area contributed by atoms with Gasteiger partial charge in [-0.05, 0) is 6.92 Å². The van der Waals surface area contributed by atoms with Crippen LogP contribution in [-0.4, -0.2) is 67.7 Å². The van der Waals surface area contributed by atoms with E-state index in [9.17, 15) is 4.79 Å². The number of piperazine rings is 1. The van der Waals surface area contributed by atoms with Crippen molar-refractivity contribution in [3.8, 4) is 0 Å². The average Bonchev–Trinajstić information content (AvgIpc) is 2.47. The summed E-state index contributed by atoms with van der Waals surface area (Å²) in [5, 5.41) is 3.22. The molecular weight excluding hydrogens is 258 g/mol. The van der Waals surface area contributed by atoms with E-state index in [1.807, 2.05) is 13.0 Å². The standard InChI is InChI=1S/C13H21N5O2/c1-11-15-12(14-3-8-20-2)9-13(16-11)18-6-4-17(10-19)5-7-18/h9-10H,3-8H2,1-2H3,(H,14,15,16). The summed E-state index contributed by atoms with van der Waals surface area (Å²) in [6, 6.07) is 1.94. The zero-order valence-electron chi connectivity index (χ0n) is 12.0. The zero-order valence-corrected chi connectivity index (χ0v) is 12.0. The molecule has 0 radical (unpaired) electrons. The Morgan fingerprint density at radius 3 is 2.75 bits per heavy atom. The highest BCUT2D eigenvalue weighted by Gasteiger charge is 2.17. The summed E-state index contributed by atoms with van der Waals surface area (Å²) in [4.78, 5) is 23.5. The van der Waals surface area contributed by atoms with Gasteiger partial charge in [0.15, 0.2) is 0 Å². The van der Waals surface area contributed by atoms with Crippen LogP contribution in [0.2, 0.25) is 0 Å². The van der Waals surface area contributed by atoms with Crippen molar-refractivity contribution in [1.82, 2.24) is 14.9 Å². The third-order valence-corrected chi connectivity index (χ3v) is 3.22. The molecule has 20 heavy (non-hydrogen) atoms. The average molecular weight is 279 g/mol. The van der Waals surface area contributed by atoms with E-state index in [2.05, 4.69) is 20.2 Å². The Morgan fingerprint density at radius 2 is 2.10 bits per heavy atom. The van der Waals surface area contributed by atoms with Gasteiger partial charge in [0.05, 0.1) is 6.61 Å². The lowest BCUT2D eigenvalue weighted by molar-refractivity contribution is -0.118. The van der Waals surface area contributed by atoms with Crippen LogP contribution in [0.5, 0.6) is 0 Å². The largest absolute Gasteiger partial charge is 0.383 e. The monoisotopic (exact) mass is 279 g/mol. The highest BCUT2D eigenvalue weighted by Crippen LogP contribution is 2.17. The lowest BCUT2D eigenvalue weighted by Gasteiger charge is -2.33. The number of nitrogens with one attached hydrogen (secondary N) is 1. The van der Waals surface area contributed by atoms with E-state index in [-0.39, 0.29) is 0 Å². The van der Waals surface area contributed by atoms with Crippen LogP contribution in [-0.2, 0) is 9.53 Å². The fraction of sp³-hybridized carbons (Fsp3) is 0.615. The molecule has 2 heterocycles. The molecule has 0 unspecified atom stereocenters. The van der Waals surface area contributed by atoms with Crippen LogP contribution in [0.1, 0.15) is 5.82 Å². The molecule has 0 atom stereocenters. The minimum Gasteiger partial charge on any atom is -0.383 e. The number of carbonyl (C=O) groups is 1. The number of rotatable bonds is 6. The number of hydrogen-bond donors (Lipinski definition) is 1. The third-order valence-electron chi connectivity index (χ3n) is 3.22. The molecule has 7 heteroatoms. The van der Waals surface area contributed by atoms with E-state index in [4.69, 9.17) is 4.74 Å². The van der Waals surface area contributed by atoms with Gasteiger partial charge in [-0.25, -0.2) is 9.97 Å². The van der Waals surface area contributed by atoms with E-state index in [1.165, 1.54) is 0 Å². The molecule has 0 saturated carbocycles. The normalized spacial score (nSPS) is 15.3. The Hall–Kier alpha value is -1.89. The van der Waals surface area contributed by atoms with Crippen molar-refractivity contribution >= 4 is 18.0 Å². The number of nitrogens with zero attached hydrogens (tertiary/aromatic N) is 4. The van der Waals surface area contributed by atoms with Gasteiger partial charge in [0, 0.05) is 45.9 Å². The van der Waals surface area contributed by atoms with Crippen molar-refractivity contribution in [2.24, 2.45) is 0 Å². The number of ether oxygens (including phenoxy) is 1. The number of carbonyl (C=O) groups excluding carboxylic acids is 1. The molecule has 1 aromatic rings.